The third-order valence-corrected chi connectivity index (χ3v) is 3.84. The SMILES string of the molecule is COOP(O)(=S)Oc1ccc(SC)c(C)c1. The maximum absolute atomic E-state index is 9.54. The summed E-state index contributed by atoms with van der Waals surface area (Å²) in [5.74, 6) is 0.471. The fourth-order valence-corrected chi connectivity index (χ4v) is 2.77. The van der Waals surface area contributed by atoms with Gasteiger partial charge in [0.2, 0.25) is 0 Å². The van der Waals surface area contributed by atoms with Crippen LogP contribution in [0.1, 0.15) is 5.56 Å². The molecular weight excluding hydrogens is 267 g/mol. The maximum Gasteiger partial charge on any atom is 0.405 e. The minimum atomic E-state index is -3.35. The van der Waals surface area contributed by atoms with Gasteiger partial charge in [0.25, 0.3) is 0 Å². The molecule has 1 rings (SSSR count). The highest BCUT2D eigenvalue weighted by molar-refractivity contribution is 8.07. The molecule has 1 aromatic carbocycles. The van der Waals surface area contributed by atoms with Gasteiger partial charge in [0.15, 0.2) is 0 Å². The summed E-state index contributed by atoms with van der Waals surface area (Å²) in [6, 6.07) is 5.43. The number of hydrogen-bond donors (Lipinski definition) is 1. The zero-order valence-corrected chi connectivity index (χ0v) is 11.7. The van der Waals surface area contributed by atoms with E-state index in [1.807, 2.05) is 19.2 Å². The molecule has 1 aromatic rings. The zero-order valence-electron chi connectivity index (χ0n) is 9.17. The van der Waals surface area contributed by atoms with Gasteiger partial charge in [-0.2, -0.15) is 0 Å². The van der Waals surface area contributed by atoms with Crippen LogP contribution in [0.2, 0.25) is 0 Å². The van der Waals surface area contributed by atoms with E-state index in [0.717, 1.165) is 10.5 Å². The molecule has 0 aliphatic carbocycles. The summed E-state index contributed by atoms with van der Waals surface area (Å²) in [6.45, 7) is -1.40. The van der Waals surface area contributed by atoms with Gasteiger partial charge in [-0.3, -0.25) is 0 Å². The highest BCUT2D eigenvalue weighted by Gasteiger charge is 2.18. The first-order valence-corrected chi connectivity index (χ1v) is 8.19. The number of aryl methyl sites for hydroxylation is 1. The summed E-state index contributed by atoms with van der Waals surface area (Å²) in [6.07, 6.45) is 1.99. The first kappa shape index (κ1) is 14.0. The molecular formula is C9H13O4PS2. The summed E-state index contributed by atoms with van der Waals surface area (Å²) in [5.41, 5.74) is 1.05. The quantitative estimate of drug-likeness (QED) is 0.387. The van der Waals surface area contributed by atoms with Crippen LogP contribution in [0.15, 0.2) is 23.1 Å². The van der Waals surface area contributed by atoms with E-state index >= 15 is 0 Å². The minimum Gasteiger partial charge on any atom is -0.423 e. The second-order valence-corrected chi connectivity index (χ2v) is 6.43. The van der Waals surface area contributed by atoms with Crippen LogP contribution in [0.3, 0.4) is 0 Å². The molecule has 1 atom stereocenters. The average Bonchev–Trinajstić information content (AvgIpc) is 2.17. The van der Waals surface area contributed by atoms with Crippen LogP contribution in [0.4, 0.5) is 0 Å². The predicted octanol–water partition coefficient (Wildman–Crippen LogP) is 2.89. The summed E-state index contributed by atoms with van der Waals surface area (Å²) in [5, 5.41) is 0. The lowest BCUT2D eigenvalue weighted by atomic mass is 10.2. The largest absolute Gasteiger partial charge is 0.423 e. The van der Waals surface area contributed by atoms with Gasteiger partial charge in [-0.15, -0.1) is 16.4 Å². The summed E-state index contributed by atoms with van der Waals surface area (Å²) >= 11 is 6.36. The van der Waals surface area contributed by atoms with E-state index in [0.29, 0.717) is 5.75 Å². The van der Waals surface area contributed by atoms with Crippen molar-refractivity contribution >= 4 is 30.3 Å². The Balaban J connectivity index is 2.83. The Labute approximate surface area is 104 Å². The standard InChI is InChI=1S/C9H13O4PS2/c1-7-6-8(4-5-9(7)16-3)12-14(10,15)13-11-2/h4-6H,1-3H3,(H,10,15). The number of hydrogen-bond acceptors (Lipinski definition) is 5. The molecule has 0 aromatic heterocycles. The van der Waals surface area contributed by atoms with Crippen LogP contribution in [0, 0.1) is 6.92 Å². The molecule has 7 heteroatoms. The van der Waals surface area contributed by atoms with Gasteiger partial charge in [-0.05, 0) is 36.9 Å². The summed E-state index contributed by atoms with van der Waals surface area (Å²) < 4.78 is 9.63. The van der Waals surface area contributed by atoms with E-state index in [1.165, 1.54) is 7.11 Å². The molecule has 0 radical (unpaired) electrons. The molecule has 1 unspecified atom stereocenters. The van der Waals surface area contributed by atoms with Crippen LogP contribution in [-0.2, 0) is 21.4 Å². The Bertz CT molecular complexity index is 410. The maximum atomic E-state index is 9.54. The molecule has 0 aliphatic heterocycles. The molecule has 0 saturated heterocycles. The van der Waals surface area contributed by atoms with Gasteiger partial charge in [0.1, 0.15) is 5.75 Å². The molecule has 0 aliphatic rings. The van der Waals surface area contributed by atoms with E-state index in [9.17, 15) is 4.89 Å². The molecule has 0 heterocycles. The fraction of sp³-hybridized carbons (Fsp3) is 0.333. The van der Waals surface area contributed by atoms with Crippen LogP contribution in [0.5, 0.6) is 5.75 Å². The van der Waals surface area contributed by atoms with Crippen molar-refractivity contribution in [1.29, 1.82) is 0 Å². The van der Waals surface area contributed by atoms with Crippen molar-refractivity contribution in [2.45, 2.75) is 11.8 Å². The summed E-state index contributed by atoms with van der Waals surface area (Å²) in [4.78, 5) is 15.0. The fourth-order valence-electron chi connectivity index (χ4n) is 1.15. The zero-order chi connectivity index (χ0) is 12.2. The smallest absolute Gasteiger partial charge is 0.405 e. The van der Waals surface area contributed by atoms with Crippen molar-refractivity contribution in [3.63, 3.8) is 0 Å². The average molecular weight is 280 g/mol. The lowest BCUT2D eigenvalue weighted by Crippen LogP contribution is -1.96. The Morgan fingerprint density at radius 2 is 2.12 bits per heavy atom. The van der Waals surface area contributed by atoms with Crippen molar-refractivity contribution in [3.05, 3.63) is 23.8 Å². The number of benzene rings is 1. The molecule has 0 bridgehead atoms. The lowest BCUT2D eigenvalue weighted by molar-refractivity contribution is -0.185. The monoisotopic (exact) mass is 280 g/mol. The third-order valence-electron chi connectivity index (χ3n) is 1.76. The van der Waals surface area contributed by atoms with Gasteiger partial charge >= 0.3 is 6.72 Å². The van der Waals surface area contributed by atoms with Gasteiger partial charge < -0.3 is 9.42 Å². The van der Waals surface area contributed by atoms with Crippen molar-refractivity contribution < 1.29 is 19.0 Å². The van der Waals surface area contributed by atoms with Crippen LogP contribution in [-0.4, -0.2) is 18.3 Å². The number of rotatable bonds is 5. The van der Waals surface area contributed by atoms with E-state index in [-0.39, 0.29) is 0 Å². The Morgan fingerprint density at radius 3 is 2.62 bits per heavy atom. The van der Waals surface area contributed by atoms with Crippen molar-refractivity contribution in [3.8, 4) is 5.75 Å². The normalized spacial score (nSPS) is 14.5. The van der Waals surface area contributed by atoms with Gasteiger partial charge in [0.05, 0.1) is 7.11 Å². The van der Waals surface area contributed by atoms with Crippen LogP contribution < -0.4 is 4.52 Å². The Morgan fingerprint density at radius 1 is 1.44 bits per heavy atom. The minimum absolute atomic E-state index is 0.471. The topological polar surface area (TPSA) is 47.9 Å². The molecule has 90 valence electrons. The van der Waals surface area contributed by atoms with Gasteiger partial charge in [-0.25, -0.2) is 4.89 Å². The van der Waals surface area contributed by atoms with Crippen molar-refractivity contribution in [2.24, 2.45) is 0 Å². The molecule has 0 fully saturated rings. The van der Waals surface area contributed by atoms with E-state index in [1.54, 1.807) is 23.9 Å². The second-order valence-electron chi connectivity index (χ2n) is 2.93. The van der Waals surface area contributed by atoms with E-state index in [4.69, 9.17) is 16.3 Å². The third kappa shape index (κ3) is 4.05. The predicted molar refractivity (Wildman–Crippen MR) is 68.2 cm³/mol. The van der Waals surface area contributed by atoms with Gasteiger partial charge in [-0.1, -0.05) is 0 Å². The van der Waals surface area contributed by atoms with E-state index in [2.05, 4.69) is 9.56 Å². The highest BCUT2D eigenvalue weighted by Crippen LogP contribution is 2.44. The van der Waals surface area contributed by atoms with Crippen molar-refractivity contribution in [2.75, 3.05) is 13.4 Å². The first-order valence-electron chi connectivity index (χ1n) is 4.38. The molecule has 1 N–H and O–H groups in total. The first-order chi connectivity index (χ1) is 7.48. The van der Waals surface area contributed by atoms with Crippen molar-refractivity contribution in [1.82, 2.24) is 0 Å². The molecule has 0 saturated carbocycles. The Kier molecular flexibility index (Phi) is 5.24. The highest BCUT2D eigenvalue weighted by atomic mass is 32.5. The number of thioether (sulfide) groups is 1. The summed E-state index contributed by atoms with van der Waals surface area (Å²) in [7, 11) is 1.27. The Hall–Kier alpha value is -0.100. The molecule has 16 heavy (non-hydrogen) atoms. The molecule has 0 spiro atoms. The molecule has 4 nitrogen and oxygen atoms in total. The van der Waals surface area contributed by atoms with Crippen LogP contribution >= 0.6 is 18.5 Å². The van der Waals surface area contributed by atoms with Gasteiger partial charge in [0, 0.05) is 16.7 Å². The molecule has 0 amide bonds. The van der Waals surface area contributed by atoms with Crippen LogP contribution in [0.25, 0.3) is 0 Å². The van der Waals surface area contributed by atoms with E-state index < -0.39 is 6.72 Å². The second kappa shape index (κ2) is 6.00. The lowest BCUT2D eigenvalue weighted by Gasteiger charge is -2.15.